The first-order chi connectivity index (χ1) is 8.75. The molecule has 5 heteroatoms. The van der Waals surface area contributed by atoms with Gasteiger partial charge >= 0.3 is 0 Å². The Balaban J connectivity index is 2.09. The first-order valence-electron chi connectivity index (χ1n) is 5.47. The van der Waals surface area contributed by atoms with E-state index in [1.165, 1.54) is 0 Å². The molecule has 0 unspecified atom stereocenters. The van der Waals surface area contributed by atoms with E-state index in [2.05, 4.69) is 10.1 Å². The number of nitrogens with zero attached hydrogens (tertiary/aromatic N) is 2. The van der Waals surface area contributed by atoms with Crippen LogP contribution in [0.25, 0.3) is 22.8 Å². The van der Waals surface area contributed by atoms with Crippen molar-refractivity contribution in [3.8, 4) is 22.8 Å². The predicted molar refractivity (Wildman–Crippen MR) is 66.6 cm³/mol. The minimum absolute atomic E-state index is 0.418. The van der Waals surface area contributed by atoms with Crippen LogP contribution in [-0.2, 0) is 0 Å². The molecule has 0 saturated carbocycles. The van der Waals surface area contributed by atoms with Gasteiger partial charge in [-0.25, -0.2) is 0 Å². The number of aromatic nitrogens is 2. The summed E-state index contributed by atoms with van der Waals surface area (Å²) >= 11 is 0. The zero-order chi connectivity index (χ0) is 12.5. The maximum Gasteiger partial charge on any atom is 0.260 e. The summed E-state index contributed by atoms with van der Waals surface area (Å²) in [6, 6.07) is 7.43. The van der Waals surface area contributed by atoms with Crippen LogP contribution in [0, 0.1) is 6.92 Å². The van der Waals surface area contributed by atoms with Crippen molar-refractivity contribution in [3.63, 3.8) is 0 Å². The smallest absolute Gasteiger partial charge is 0.260 e. The lowest BCUT2D eigenvalue weighted by molar-refractivity contribution is 0.432. The minimum Gasteiger partial charge on any atom is -0.472 e. The van der Waals surface area contributed by atoms with Crippen molar-refractivity contribution in [2.75, 3.05) is 5.73 Å². The minimum atomic E-state index is 0.418. The van der Waals surface area contributed by atoms with Crippen LogP contribution in [0.1, 0.15) is 5.56 Å². The molecule has 18 heavy (non-hydrogen) atoms. The summed E-state index contributed by atoms with van der Waals surface area (Å²) < 4.78 is 10.2. The number of anilines is 1. The van der Waals surface area contributed by atoms with Gasteiger partial charge in [-0.3, -0.25) is 0 Å². The van der Waals surface area contributed by atoms with Crippen molar-refractivity contribution in [1.29, 1.82) is 0 Å². The summed E-state index contributed by atoms with van der Waals surface area (Å²) in [5.74, 6) is 0.906. The Morgan fingerprint density at radius 1 is 1.22 bits per heavy atom. The highest BCUT2D eigenvalue weighted by molar-refractivity contribution is 5.74. The van der Waals surface area contributed by atoms with Crippen LogP contribution in [0.15, 0.2) is 45.7 Å². The fourth-order valence-electron chi connectivity index (χ4n) is 1.82. The number of nitrogen functional groups attached to an aromatic ring is 1. The molecule has 3 aromatic rings. The lowest BCUT2D eigenvalue weighted by atomic mass is 10.1. The van der Waals surface area contributed by atoms with Crippen LogP contribution in [0.2, 0.25) is 0 Å². The van der Waals surface area contributed by atoms with E-state index in [0.717, 1.165) is 16.7 Å². The van der Waals surface area contributed by atoms with Gasteiger partial charge in [0, 0.05) is 5.69 Å². The zero-order valence-corrected chi connectivity index (χ0v) is 9.75. The molecule has 0 fully saturated rings. The Kier molecular flexibility index (Phi) is 2.37. The predicted octanol–water partition coefficient (Wildman–Crippen LogP) is 2.89. The van der Waals surface area contributed by atoms with E-state index in [0.29, 0.717) is 17.4 Å². The van der Waals surface area contributed by atoms with E-state index in [1.54, 1.807) is 18.6 Å². The van der Waals surface area contributed by atoms with Gasteiger partial charge in [0.05, 0.1) is 17.4 Å². The molecule has 0 radical (unpaired) electrons. The molecular formula is C13H11N3O2. The molecule has 1 aromatic carbocycles. The highest BCUT2D eigenvalue weighted by Gasteiger charge is 2.15. The van der Waals surface area contributed by atoms with E-state index in [4.69, 9.17) is 14.7 Å². The van der Waals surface area contributed by atoms with E-state index in [1.807, 2.05) is 25.1 Å². The van der Waals surface area contributed by atoms with Gasteiger partial charge in [-0.05, 0) is 24.6 Å². The topological polar surface area (TPSA) is 78.1 Å². The van der Waals surface area contributed by atoms with Crippen LogP contribution in [0.5, 0.6) is 0 Å². The quantitative estimate of drug-likeness (QED) is 0.698. The molecule has 0 atom stereocenters. The largest absolute Gasteiger partial charge is 0.472 e. The molecule has 0 aliphatic rings. The number of aryl methyl sites for hydroxylation is 1. The fraction of sp³-hybridized carbons (Fsp3) is 0.0769. The highest BCUT2D eigenvalue weighted by atomic mass is 16.5. The van der Waals surface area contributed by atoms with E-state index in [-0.39, 0.29) is 0 Å². The summed E-state index contributed by atoms with van der Waals surface area (Å²) in [7, 11) is 0. The zero-order valence-electron chi connectivity index (χ0n) is 9.75. The second-order valence-electron chi connectivity index (χ2n) is 3.97. The van der Waals surface area contributed by atoms with Crippen LogP contribution in [0.3, 0.4) is 0 Å². The molecule has 3 rings (SSSR count). The monoisotopic (exact) mass is 241 g/mol. The molecule has 2 N–H and O–H groups in total. The second-order valence-corrected chi connectivity index (χ2v) is 3.97. The molecule has 0 saturated heterocycles. The Bertz CT molecular complexity index is 651. The molecule has 0 spiro atoms. The second kappa shape index (κ2) is 4.03. The lowest BCUT2D eigenvalue weighted by Gasteiger charge is -2.03. The SMILES string of the molecule is Cc1cccc(N)c1-c1nc(-c2ccoc2)no1. The van der Waals surface area contributed by atoms with Crippen molar-refractivity contribution in [2.45, 2.75) is 6.92 Å². The standard InChI is InChI=1S/C13H11N3O2/c1-8-3-2-4-10(14)11(8)13-15-12(16-18-13)9-5-6-17-7-9/h2-7H,14H2,1H3. The van der Waals surface area contributed by atoms with Crippen molar-refractivity contribution in [3.05, 3.63) is 42.4 Å². The number of hydrogen-bond acceptors (Lipinski definition) is 5. The molecule has 2 aromatic heterocycles. The number of rotatable bonds is 2. The van der Waals surface area contributed by atoms with Gasteiger partial charge in [0.25, 0.3) is 5.89 Å². The number of furan rings is 1. The Hall–Kier alpha value is -2.56. The maximum atomic E-state index is 5.94. The molecule has 90 valence electrons. The van der Waals surface area contributed by atoms with Crippen molar-refractivity contribution in [1.82, 2.24) is 10.1 Å². The van der Waals surface area contributed by atoms with Gasteiger partial charge in [-0.15, -0.1) is 0 Å². The van der Waals surface area contributed by atoms with E-state index >= 15 is 0 Å². The lowest BCUT2D eigenvalue weighted by Crippen LogP contribution is -1.92. The van der Waals surface area contributed by atoms with Gasteiger partial charge in [-0.1, -0.05) is 17.3 Å². The normalized spacial score (nSPS) is 10.7. The average Bonchev–Trinajstić information content (AvgIpc) is 2.99. The summed E-state index contributed by atoms with van der Waals surface area (Å²) in [6.45, 7) is 1.95. The number of benzene rings is 1. The summed E-state index contributed by atoms with van der Waals surface area (Å²) in [5, 5.41) is 3.92. The third kappa shape index (κ3) is 1.66. The first kappa shape index (κ1) is 10.6. The Labute approximate surface area is 103 Å². The summed E-state index contributed by atoms with van der Waals surface area (Å²) in [4.78, 5) is 4.33. The van der Waals surface area contributed by atoms with Crippen molar-refractivity contribution < 1.29 is 8.94 Å². The third-order valence-corrected chi connectivity index (χ3v) is 2.72. The molecule has 0 aliphatic carbocycles. The van der Waals surface area contributed by atoms with Gasteiger partial charge in [0.2, 0.25) is 5.82 Å². The Morgan fingerprint density at radius 2 is 2.11 bits per heavy atom. The molecule has 0 aliphatic heterocycles. The van der Waals surface area contributed by atoms with Gasteiger partial charge < -0.3 is 14.7 Å². The van der Waals surface area contributed by atoms with Gasteiger partial charge in [0.1, 0.15) is 6.26 Å². The van der Waals surface area contributed by atoms with Crippen LogP contribution >= 0.6 is 0 Å². The summed E-state index contributed by atoms with van der Waals surface area (Å²) in [5.41, 5.74) is 9.11. The fourth-order valence-corrected chi connectivity index (χ4v) is 1.82. The van der Waals surface area contributed by atoms with E-state index < -0.39 is 0 Å². The first-order valence-corrected chi connectivity index (χ1v) is 5.47. The summed E-state index contributed by atoms with van der Waals surface area (Å²) in [6.07, 6.45) is 3.13. The van der Waals surface area contributed by atoms with Crippen LogP contribution in [-0.4, -0.2) is 10.1 Å². The van der Waals surface area contributed by atoms with Crippen LogP contribution < -0.4 is 5.73 Å². The number of nitrogens with two attached hydrogens (primary N) is 1. The molecule has 2 heterocycles. The molecular weight excluding hydrogens is 230 g/mol. The average molecular weight is 241 g/mol. The Morgan fingerprint density at radius 3 is 2.83 bits per heavy atom. The van der Waals surface area contributed by atoms with E-state index in [9.17, 15) is 0 Å². The highest BCUT2D eigenvalue weighted by Crippen LogP contribution is 2.29. The van der Waals surface area contributed by atoms with Gasteiger partial charge in [0.15, 0.2) is 0 Å². The van der Waals surface area contributed by atoms with Gasteiger partial charge in [-0.2, -0.15) is 4.98 Å². The maximum absolute atomic E-state index is 5.94. The molecule has 5 nitrogen and oxygen atoms in total. The van der Waals surface area contributed by atoms with Crippen molar-refractivity contribution in [2.24, 2.45) is 0 Å². The van der Waals surface area contributed by atoms with Crippen LogP contribution in [0.4, 0.5) is 5.69 Å². The molecule has 0 amide bonds. The molecule has 0 bridgehead atoms. The van der Waals surface area contributed by atoms with Crippen molar-refractivity contribution >= 4 is 5.69 Å². The number of hydrogen-bond donors (Lipinski definition) is 1. The third-order valence-electron chi connectivity index (χ3n) is 2.72.